The van der Waals surface area contributed by atoms with Crippen molar-refractivity contribution in [2.45, 2.75) is 24.1 Å². The summed E-state index contributed by atoms with van der Waals surface area (Å²) >= 11 is 0. The van der Waals surface area contributed by atoms with Gasteiger partial charge >= 0.3 is 6.03 Å². The molecule has 0 aromatic heterocycles. The monoisotopic (exact) mass is 341 g/mol. The molecule has 1 aromatic carbocycles. The Morgan fingerprint density at radius 3 is 2.26 bits per heavy atom. The van der Waals surface area contributed by atoms with Crippen molar-refractivity contribution in [1.82, 2.24) is 14.9 Å². The van der Waals surface area contributed by atoms with Crippen LogP contribution >= 0.6 is 0 Å². The molecule has 2 aliphatic heterocycles. The first-order valence-electron chi connectivity index (χ1n) is 7.17. The van der Waals surface area contributed by atoms with Gasteiger partial charge in [-0.3, -0.25) is 10.1 Å². The highest BCUT2D eigenvalue weighted by Crippen LogP contribution is 2.27. The first-order valence-corrected chi connectivity index (χ1v) is 8.78. The number of urea groups is 1. The summed E-state index contributed by atoms with van der Waals surface area (Å²) in [7, 11) is -3.56. The summed E-state index contributed by atoms with van der Waals surface area (Å²) in [6.45, 7) is 0.300. The molecule has 2 fully saturated rings. The van der Waals surface area contributed by atoms with E-state index in [0.29, 0.717) is 5.56 Å². The molecule has 2 N–H and O–H groups in total. The SMILES string of the molecule is O=C1NC(=O)C2(CCN(S(=O)(=O)Cc3ccc(F)cc3)CC2)N1. The summed E-state index contributed by atoms with van der Waals surface area (Å²) in [5.74, 6) is -1.05. The molecule has 2 heterocycles. The summed E-state index contributed by atoms with van der Waals surface area (Å²) in [5, 5.41) is 4.77. The van der Waals surface area contributed by atoms with Crippen molar-refractivity contribution in [2.75, 3.05) is 13.1 Å². The molecule has 124 valence electrons. The highest BCUT2D eigenvalue weighted by Gasteiger charge is 2.49. The van der Waals surface area contributed by atoms with Crippen LogP contribution in [0.5, 0.6) is 0 Å². The zero-order valence-corrected chi connectivity index (χ0v) is 13.0. The van der Waals surface area contributed by atoms with Crippen molar-refractivity contribution in [3.8, 4) is 0 Å². The quantitative estimate of drug-likeness (QED) is 0.775. The predicted molar refractivity (Wildman–Crippen MR) is 79.2 cm³/mol. The van der Waals surface area contributed by atoms with Crippen LogP contribution in [-0.2, 0) is 20.6 Å². The zero-order chi connectivity index (χ0) is 16.7. The predicted octanol–water partition coefficient (Wildman–Crippen LogP) is 0.329. The number of rotatable bonds is 3. The molecular weight excluding hydrogens is 325 g/mol. The fourth-order valence-corrected chi connectivity index (χ4v) is 4.44. The maximum atomic E-state index is 12.9. The Hall–Kier alpha value is -2.00. The third kappa shape index (κ3) is 3.06. The van der Waals surface area contributed by atoms with Gasteiger partial charge in [-0.1, -0.05) is 12.1 Å². The number of carbonyl (C=O) groups excluding carboxylic acids is 2. The summed E-state index contributed by atoms with van der Waals surface area (Å²) in [6.07, 6.45) is 0.459. The third-order valence-electron chi connectivity index (χ3n) is 4.25. The van der Waals surface area contributed by atoms with E-state index in [-0.39, 0.29) is 31.7 Å². The topological polar surface area (TPSA) is 95.6 Å². The van der Waals surface area contributed by atoms with Crippen LogP contribution in [0.25, 0.3) is 0 Å². The summed E-state index contributed by atoms with van der Waals surface area (Å²) < 4.78 is 39.1. The fourth-order valence-electron chi connectivity index (χ4n) is 2.91. The number of carbonyl (C=O) groups is 2. The highest BCUT2D eigenvalue weighted by atomic mass is 32.2. The van der Waals surface area contributed by atoms with Crippen LogP contribution in [0.1, 0.15) is 18.4 Å². The van der Waals surface area contributed by atoms with Gasteiger partial charge in [0.25, 0.3) is 5.91 Å². The second-order valence-corrected chi connectivity index (χ2v) is 7.74. The second kappa shape index (κ2) is 5.57. The van der Waals surface area contributed by atoms with E-state index in [2.05, 4.69) is 10.6 Å². The van der Waals surface area contributed by atoms with E-state index in [1.54, 1.807) is 0 Å². The number of amides is 3. The van der Waals surface area contributed by atoms with Crippen molar-refractivity contribution < 1.29 is 22.4 Å². The van der Waals surface area contributed by atoms with Gasteiger partial charge < -0.3 is 5.32 Å². The molecule has 0 radical (unpaired) electrons. The van der Waals surface area contributed by atoms with Gasteiger partial charge in [0.05, 0.1) is 5.75 Å². The van der Waals surface area contributed by atoms with E-state index in [1.807, 2.05) is 0 Å². The number of piperidine rings is 1. The molecule has 23 heavy (non-hydrogen) atoms. The number of halogens is 1. The molecule has 0 saturated carbocycles. The standard InChI is InChI=1S/C14H16FN3O4S/c15-11-3-1-10(2-4-11)9-23(21,22)18-7-5-14(6-8-18)12(19)16-13(20)17-14/h1-4H,5-9H2,(H2,16,17,19,20). The number of sulfonamides is 1. The number of imide groups is 1. The fraction of sp³-hybridized carbons (Fsp3) is 0.429. The second-order valence-electron chi connectivity index (χ2n) is 5.77. The van der Waals surface area contributed by atoms with Gasteiger partial charge in [-0.15, -0.1) is 0 Å². The minimum absolute atomic E-state index is 0.150. The minimum Gasteiger partial charge on any atom is -0.323 e. The van der Waals surface area contributed by atoms with Gasteiger partial charge in [0.15, 0.2) is 0 Å². The van der Waals surface area contributed by atoms with Gasteiger partial charge in [0.1, 0.15) is 11.4 Å². The van der Waals surface area contributed by atoms with Gasteiger partial charge in [-0.05, 0) is 30.5 Å². The first kappa shape index (κ1) is 15.9. The molecule has 0 aliphatic carbocycles. The number of nitrogens with one attached hydrogen (secondary N) is 2. The number of benzene rings is 1. The van der Waals surface area contributed by atoms with E-state index in [9.17, 15) is 22.4 Å². The van der Waals surface area contributed by atoms with Crippen molar-refractivity contribution in [3.63, 3.8) is 0 Å². The largest absolute Gasteiger partial charge is 0.323 e. The van der Waals surface area contributed by atoms with Gasteiger partial charge in [-0.2, -0.15) is 0 Å². The molecule has 2 saturated heterocycles. The lowest BCUT2D eigenvalue weighted by atomic mass is 9.89. The van der Waals surface area contributed by atoms with Crippen LogP contribution < -0.4 is 10.6 Å². The van der Waals surface area contributed by atoms with Crippen molar-refractivity contribution in [2.24, 2.45) is 0 Å². The Morgan fingerprint density at radius 2 is 1.74 bits per heavy atom. The molecule has 1 aromatic rings. The molecule has 3 rings (SSSR count). The number of nitrogens with zero attached hydrogens (tertiary/aromatic N) is 1. The van der Waals surface area contributed by atoms with Crippen LogP contribution in [0.4, 0.5) is 9.18 Å². The Balaban J connectivity index is 1.68. The summed E-state index contributed by atoms with van der Waals surface area (Å²) in [6, 6.07) is 4.76. The van der Waals surface area contributed by atoms with Crippen LogP contribution in [0.3, 0.4) is 0 Å². The summed E-state index contributed by atoms with van der Waals surface area (Å²) in [4.78, 5) is 23.1. The van der Waals surface area contributed by atoms with E-state index in [1.165, 1.54) is 28.6 Å². The van der Waals surface area contributed by atoms with E-state index in [0.717, 1.165) is 0 Å². The Morgan fingerprint density at radius 1 is 1.13 bits per heavy atom. The average Bonchev–Trinajstić information content (AvgIpc) is 2.76. The smallest absolute Gasteiger partial charge is 0.322 e. The molecule has 0 unspecified atom stereocenters. The van der Waals surface area contributed by atoms with Crippen LogP contribution in [-0.4, -0.2) is 43.3 Å². The molecule has 9 heteroatoms. The maximum Gasteiger partial charge on any atom is 0.322 e. The van der Waals surface area contributed by atoms with E-state index < -0.39 is 33.3 Å². The van der Waals surface area contributed by atoms with Crippen LogP contribution in [0, 0.1) is 5.82 Å². The molecule has 1 spiro atoms. The van der Waals surface area contributed by atoms with Gasteiger partial charge in [-0.25, -0.2) is 21.9 Å². The van der Waals surface area contributed by atoms with Gasteiger partial charge in [0.2, 0.25) is 10.0 Å². The Bertz CT molecular complexity index is 740. The first-order chi connectivity index (χ1) is 10.8. The maximum absolute atomic E-state index is 12.9. The molecule has 3 amide bonds. The van der Waals surface area contributed by atoms with Gasteiger partial charge in [0, 0.05) is 13.1 Å². The highest BCUT2D eigenvalue weighted by molar-refractivity contribution is 7.88. The van der Waals surface area contributed by atoms with Crippen molar-refractivity contribution >= 4 is 22.0 Å². The lowest BCUT2D eigenvalue weighted by Gasteiger charge is -2.36. The number of hydrogen-bond donors (Lipinski definition) is 2. The zero-order valence-electron chi connectivity index (χ0n) is 12.2. The van der Waals surface area contributed by atoms with E-state index >= 15 is 0 Å². The Kier molecular flexibility index (Phi) is 3.85. The average molecular weight is 341 g/mol. The minimum atomic E-state index is -3.56. The lowest BCUT2D eigenvalue weighted by molar-refractivity contribution is -0.125. The molecule has 0 atom stereocenters. The molecule has 7 nitrogen and oxygen atoms in total. The molecule has 0 bridgehead atoms. The van der Waals surface area contributed by atoms with Crippen molar-refractivity contribution in [1.29, 1.82) is 0 Å². The molecule has 2 aliphatic rings. The summed E-state index contributed by atoms with van der Waals surface area (Å²) in [5.41, 5.74) is -0.502. The lowest BCUT2D eigenvalue weighted by Crippen LogP contribution is -2.55. The van der Waals surface area contributed by atoms with Crippen molar-refractivity contribution in [3.05, 3.63) is 35.6 Å². The van der Waals surface area contributed by atoms with Crippen LogP contribution in [0.15, 0.2) is 24.3 Å². The van der Waals surface area contributed by atoms with Crippen LogP contribution in [0.2, 0.25) is 0 Å². The number of hydrogen-bond acceptors (Lipinski definition) is 4. The third-order valence-corrected chi connectivity index (χ3v) is 6.10. The normalized spacial score (nSPS) is 21.3. The molecular formula is C14H16FN3O4S. The van der Waals surface area contributed by atoms with E-state index in [4.69, 9.17) is 0 Å². The Labute approximate surface area is 132 Å².